The van der Waals surface area contributed by atoms with Crippen molar-refractivity contribution in [3.8, 4) is 0 Å². The van der Waals surface area contributed by atoms with Gasteiger partial charge in [0.15, 0.2) is 0 Å². The van der Waals surface area contributed by atoms with Crippen molar-refractivity contribution in [2.45, 2.75) is 44.0 Å². The van der Waals surface area contributed by atoms with Gasteiger partial charge in [-0.3, -0.25) is 24.3 Å². The average Bonchev–Trinajstić information content (AvgIpc) is 3.08. The fourth-order valence-electron chi connectivity index (χ4n) is 4.78. The molecule has 5 amide bonds. The molecule has 0 spiro atoms. The molecule has 1 aromatic carbocycles. The lowest BCUT2D eigenvalue weighted by molar-refractivity contribution is -0.146. The molecule has 3 heterocycles. The Bertz CT molecular complexity index is 1190. The van der Waals surface area contributed by atoms with Crippen LogP contribution in [0.4, 0.5) is 4.79 Å². The fraction of sp³-hybridized carbons (Fsp3) is 0.444. The lowest BCUT2D eigenvalue weighted by atomic mass is 9.88. The Kier molecular flexibility index (Phi) is 7.79. The van der Waals surface area contributed by atoms with Crippen molar-refractivity contribution in [2.24, 2.45) is 5.73 Å². The van der Waals surface area contributed by atoms with Crippen molar-refractivity contribution >= 4 is 23.8 Å². The summed E-state index contributed by atoms with van der Waals surface area (Å²) in [5.74, 6) is -1.31. The molecule has 1 unspecified atom stereocenters. The normalized spacial score (nSPS) is 20.4. The Balaban J connectivity index is 1.57. The number of imide groups is 1. The van der Waals surface area contributed by atoms with Crippen molar-refractivity contribution in [2.75, 3.05) is 33.3 Å². The van der Waals surface area contributed by atoms with Crippen LogP contribution >= 0.6 is 0 Å². The molecule has 0 aliphatic carbocycles. The molecule has 0 bridgehead atoms. The number of nitrogens with zero attached hydrogens (tertiary/aromatic N) is 4. The van der Waals surface area contributed by atoms with Crippen LogP contribution in [0.5, 0.6) is 0 Å². The molecular weight excluding hydrogens is 488 g/mol. The maximum Gasteiger partial charge on any atom is 0.327 e. The van der Waals surface area contributed by atoms with Crippen molar-refractivity contribution in [1.82, 2.24) is 25.0 Å². The van der Waals surface area contributed by atoms with Gasteiger partial charge in [-0.1, -0.05) is 36.4 Å². The summed E-state index contributed by atoms with van der Waals surface area (Å²) in [5.41, 5.74) is 5.02. The molecule has 2 aliphatic rings. The molecule has 202 valence electrons. The number of likely N-dealkylation sites (N-methyl/N-ethyl adjacent to an activating group) is 1. The quantitative estimate of drug-likeness (QED) is 0.459. The summed E-state index contributed by atoms with van der Waals surface area (Å²) < 4.78 is 5.82. The van der Waals surface area contributed by atoms with Crippen LogP contribution in [0.1, 0.15) is 25.1 Å². The molecule has 11 nitrogen and oxygen atoms in total. The van der Waals surface area contributed by atoms with Gasteiger partial charge in [-0.05, 0) is 31.5 Å². The molecule has 11 heteroatoms. The van der Waals surface area contributed by atoms with E-state index in [-0.39, 0.29) is 39.3 Å². The number of aromatic nitrogens is 1. The molecule has 1 aromatic heterocycles. The molecule has 0 saturated carbocycles. The SMILES string of the molecule is CN1C(=O)N2CCN(C(=O)[C@@H](COCc3ccccc3)NC(=O)C(C)(C)N)CC2(Cc2ccccn2)C1=O. The number of carbonyl (C=O) groups excluding carboxylic acids is 4. The minimum absolute atomic E-state index is 0.0333. The van der Waals surface area contributed by atoms with Crippen LogP contribution < -0.4 is 11.1 Å². The average molecular weight is 523 g/mol. The summed E-state index contributed by atoms with van der Waals surface area (Å²) in [5, 5.41) is 2.72. The number of nitrogens with one attached hydrogen (secondary N) is 1. The second-order valence-electron chi connectivity index (χ2n) is 10.3. The van der Waals surface area contributed by atoms with Crippen LogP contribution in [0, 0.1) is 0 Å². The lowest BCUT2D eigenvalue weighted by Crippen LogP contribution is -2.67. The number of piperazine rings is 1. The van der Waals surface area contributed by atoms with E-state index in [2.05, 4.69) is 10.3 Å². The number of pyridine rings is 1. The predicted octanol–water partition coefficient (Wildman–Crippen LogP) is 0.538. The third-order valence-corrected chi connectivity index (χ3v) is 6.88. The topological polar surface area (TPSA) is 138 Å². The number of benzene rings is 1. The first-order valence-corrected chi connectivity index (χ1v) is 12.5. The van der Waals surface area contributed by atoms with Gasteiger partial charge in [0.2, 0.25) is 11.8 Å². The number of fused-ring (bicyclic) bond motifs is 1. The third-order valence-electron chi connectivity index (χ3n) is 6.88. The molecule has 0 radical (unpaired) electrons. The summed E-state index contributed by atoms with van der Waals surface area (Å²) in [6.07, 6.45) is 1.78. The second-order valence-corrected chi connectivity index (χ2v) is 10.3. The zero-order valence-electron chi connectivity index (χ0n) is 21.9. The van der Waals surface area contributed by atoms with E-state index in [9.17, 15) is 19.2 Å². The molecule has 2 aromatic rings. The zero-order chi connectivity index (χ0) is 27.5. The van der Waals surface area contributed by atoms with Gasteiger partial charge in [0, 0.05) is 38.4 Å². The zero-order valence-corrected chi connectivity index (χ0v) is 21.9. The molecule has 2 fully saturated rings. The number of nitrogens with two attached hydrogens (primary N) is 1. The van der Waals surface area contributed by atoms with Crippen LogP contribution in [0.2, 0.25) is 0 Å². The third kappa shape index (κ3) is 5.53. The van der Waals surface area contributed by atoms with Crippen LogP contribution in [0.25, 0.3) is 0 Å². The number of rotatable bonds is 9. The number of ether oxygens (including phenoxy) is 1. The smallest absolute Gasteiger partial charge is 0.327 e. The predicted molar refractivity (Wildman–Crippen MR) is 138 cm³/mol. The minimum atomic E-state index is -1.29. The van der Waals surface area contributed by atoms with E-state index in [1.165, 1.54) is 16.8 Å². The van der Waals surface area contributed by atoms with Gasteiger partial charge in [-0.2, -0.15) is 0 Å². The van der Waals surface area contributed by atoms with Gasteiger partial charge in [-0.15, -0.1) is 0 Å². The number of carbonyl (C=O) groups is 4. The van der Waals surface area contributed by atoms with E-state index < -0.39 is 40.9 Å². The molecular formula is C27H34N6O5. The highest BCUT2D eigenvalue weighted by Crippen LogP contribution is 2.34. The molecule has 3 N–H and O–H groups in total. The van der Waals surface area contributed by atoms with E-state index in [0.717, 1.165) is 10.5 Å². The monoisotopic (exact) mass is 522 g/mol. The maximum absolute atomic E-state index is 13.8. The molecule has 2 aliphatic heterocycles. The summed E-state index contributed by atoms with van der Waals surface area (Å²) in [6, 6.07) is 13.4. The molecule has 2 atom stereocenters. The standard InChI is InChI=1S/C27H34N6O5/c1-26(2,28)23(35)30-21(17-38-16-19-9-5-4-6-10-19)22(34)32-13-14-33-25(37)31(3)24(36)27(33,18-32)15-20-11-7-8-12-29-20/h4-12,21H,13-18,28H2,1-3H3,(H,30,35)/t21-,27?/m1/s1. The first-order chi connectivity index (χ1) is 18.0. The number of hydrogen-bond acceptors (Lipinski definition) is 7. The van der Waals surface area contributed by atoms with E-state index >= 15 is 0 Å². The molecule has 2 saturated heterocycles. The highest BCUT2D eigenvalue weighted by atomic mass is 16.5. The Morgan fingerprint density at radius 2 is 1.84 bits per heavy atom. The van der Waals surface area contributed by atoms with Gasteiger partial charge < -0.3 is 25.6 Å². The van der Waals surface area contributed by atoms with Crippen LogP contribution in [-0.4, -0.2) is 93.8 Å². The van der Waals surface area contributed by atoms with Gasteiger partial charge in [0.25, 0.3) is 5.91 Å². The first kappa shape index (κ1) is 27.2. The summed E-state index contributed by atoms with van der Waals surface area (Å²) >= 11 is 0. The van der Waals surface area contributed by atoms with Crippen molar-refractivity contribution in [3.63, 3.8) is 0 Å². The Hall–Kier alpha value is -3.83. The number of hydrogen-bond donors (Lipinski definition) is 2. The maximum atomic E-state index is 13.8. The molecule has 4 rings (SSSR count). The fourth-order valence-corrected chi connectivity index (χ4v) is 4.78. The van der Waals surface area contributed by atoms with Crippen LogP contribution in [0.3, 0.4) is 0 Å². The lowest BCUT2D eigenvalue weighted by Gasteiger charge is -2.45. The summed E-state index contributed by atoms with van der Waals surface area (Å²) in [7, 11) is 1.44. The molecule has 38 heavy (non-hydrogen) atoms. The Morgan fingerprint density at radius 3 is 2.50 bits per heavy atom. The van der Waals surface area contributed by atoms with Crippen LogP contribution in [0.15, 0.2) is 54.7 Å². The number of amides is 5. The van der Waals surface area contributed by atoms with E-state index in [1.54, 1.807) is 32.2 Å². The van der Waals surface area contributed by atoms with Gasteiger partial charge >= 0.3 is 6.03 Å². The van der Waals surface area contributed by atoms with E-state index in [1.807, 2.05) is 36.4 Å². The van der Waals surface area contributed by atoms with Crippen molar-refractivity contribution in [3.05, 3.63) is 66.0 Å². The minimum Gasteiger partial charge on any atom is -0.374 e. The van der Waals surface area contributed by atoms with Gasteiger partial charge in [-0.25, -0.2) is 4.79 Å². The van der Waals surface area contributed by atoms with Crippen molar-refractivity contribution < 1.29 is 23.9 Å². The number of urea groups is 1. The van der Waals surface area contributed by atoms with Gasteiger partial charge in [0.1, 0.15) is 11.6 Å². The van der Waals surface area contributed by atoms with Crippen LogP contribution in [-0.2, 0) is 32.1 Å². The largest absolute Gasteiger partial charge is 0.374 e. The highest BCUT2D eigenvalue weighted by molar-refractivity contribution is 6.07. The van der Waals surface area contributed by atoms with E-state index in [4.69, 9.17) is 10.5 Å². The Labute approximate surface area is 221 Å². The second kappa shape index (κ2) is 10.9. The van der Waals surface area contributed by atoms with Gasteiger partial charge in [0.05, 0.1) is 25.3 Å². The highest BCUT2D eigenvalue weighted by Gasteiger charge is 2.59. The Morgan fingerprint density at radius 1 is 1.13 bits per heavy atom. The summed E-state index contributed by atoms with van der Waals surface area (Å²) in [6.45, 7) is 3.60. The van der Waals surface area contributed by atoms with E-state index in [0.29, 0.717) is 5.69 Å². The summed E-state index contributed by atoms with van der Waals surface area (Å²) in [4.78, 5) is 61.4. The van der Waals surface area contributed by atoms with Crippen molar-refractivity contribution in [1.29, 1.82) is 0 Å². The first-order valence-electron chi connectivity index (χ1n) is 12.5.